The van der Waals surface area contributed by atoms with Crippen molar-refractivity contribution < 1.29 is 22.6 Å². The summed E-state index contributed by atoms with van der Waals surface area (Å²) < 4.78 is 47.6. The maximum atomic E-state index is 13.3. The first-order valence-electron chi connectivity index (χ1n) is 18.9. The Bertz CT molecular complexity index is 2000. The van der Waals surface area contributed by atoms with Gasteiger partial charge in [-0.05, 0) is 45.7 Å². The van der Waals surface area contributed by atoms with Crippen LogP contribution in [0.5, 0.6) is 11.6 Å². The summed E-state index contributed by atoms with van der Waals surface area (Å²) in [6, 6.07) is 3.14. The number of morpholine rings is 1. The van der Waals surface area contributed by atoms with E-state index in [1.807, 2.05) is 6.07 Å². The second-order valence-corrected chi connectivity index (χ2v) is 16.4. The zero-order valence-corrected chi connectivity index (χ0v) is 32.7. The number of likely N-dealkylation sites (N-methyl/N-ethyl adjacent to an activating group) is 1. The summed E-state index contributed by atoms with van der Waals surface area (Å²) in [6.45, 7) is 10.0. The molecule has 19 heteroatoms. The van der Waals surface area contributed by atoms with E-state index in [9.17, 15) is 13.6 Å². The van der Waals surface area contributed by atoms with Gasteiger partial charge in [-0.25, -0.2) is 23.4 Å². The molecule has 6 heterocycles. The van der Waals surface area contributed by atoms with Crippen LogP contribution in [0.3, 0.4) is 0 Å². The number of sulfonamides is 1. The summed E-state index contributed by atoms with van der Waals surface area (Å²) in [5.41, 5.74) is 3.29. The van der Waals surface area contributed by atoms with Crippen molar-refractivity contribution in [2.24, 2.45) is 7.05 Å². The maximum absolute atomic E-state index is 13.3. The number of rotatable bonds is 14. The quantitative estimate of drug-likeness (QED) is 0.178. The minimum atomic E-state index is -3.82. The number of hydrogen-bond donors (Lipinski definition) is 2. The molecule has 1 saturated carbocycles. The molecule has 1 aliphatic carbocycles. The Morgan fingerprint density at radius 2 is 1.69 bits per heavy atom. The summed E-state index contributed by atoms with van der Waals surface area (Å²) in [7, 11) is -0.0100. The zero-order valence-electron chi connectivity index (χ0n) is 31.9. The fraction of sp³-hybridized carbons (Fsp3) is 0.583. The first-order valence-corrected chi connectivity index (χ1v) is 20.7. The van der Waals surface area contributed by atoms with Gasteiger partial charge in [0.2, 0.25) is 21.9 Å². The molecule has 0 bridgehead atoms. The molecule has 4 aromatic heterocycles. The number of imidazole rings is 1. The van der Waals surface area contributed by atoms with Gasteiger partial charge in [0.25, 0.3) is 0 Å². The van der Waals surface area contributed by atoms with E-state index < -0.39 is 16.1 Å². The molecule has 55 heavy (non-hydrogen) atoms. The van der Waals surface area contributed by atoms with E-state index in [2.05, 4.69) is 42.0 Å². The zero-order chi connectivity index (χ0) is 38.5. The van der Waals surface area contributed by atoms with Gasteiger partial charge in [0.1, 0.15) is 18.5 Å². The van der Waals surface area contributed by atoms with Gasteiger partial charge in [-0.1, -0.05) is 0 Å². The monoisotopic (exact) mass is 779 g/mol. The van der Waals surface area contributed by atoms with Gasteiger partial charge < -0.3 is 44.6 Å². The minimum Gasteiger partial charge on any atom is -0.759 e. The predicted molar refractivity (Wildman–Crippen MR) is 210 cm³/mol. The molecule has 1 unspecified atom stereocenters. The van der Waals surface area contributed by atoms with Crippen molar-refractivity contribution in [3.8, 4) is 11.6 Å². The molecule has 2 N–H and O–H groups in total. The average molecular weight is 780 g/mol. The number of fused-ring (bicyclic) bond motifs is 1. The summed E-state index contributed by atoms with van der Waals surface area (Å²) in [5.74, 6) is 2.43. The molecule has 4 aromatic rings. The number of hydrogen-bond acceptors (Lipinski definition) is 16. The molecule has 18 nitrogen and oxygen atoms in total. The van der Waals surface area contributed by atoms with E-state index in [1.165, 1.54) is 15.1 Å². The summed E-state index contributed by atoms with van der Waals surface area (Å²) in [4.78, 5) is 29.7. The van der Waals surface area contributed by atoms with E-state index in [0.717, 1.165) is 70.5 Å². The Morgan fingerprint density at radius 3 is 2.36 bits per heavy atom. The number of aromatic nitrogens is 6. The molecule has 3 fully saturated rings. The summed E-state index contributed by atoms with van der Waals surface area (Å²) >= 11 is 0. The number of anilines is 4. The molecule has 2 aliphatic heterocycles. The largest absolute Gasteiger partial charge is 0.759 e. The third-order valence-corrected chi connectivity index (χ3v) is 11.9. The van der Waals surface area contributed by atoms with Gasteiger partial charge in [0.15, 0.2) is 11.7 Å². The molecule has 2 saturated heterocycles. The summed E-state index contributed by atoms with van der Waals surface area (Å²) in [5, 5.41) is 15.5. The average Bonchev–Trinajstić information content (AvgIpc) is 3.57. The van der Waals surface area contributed by atoms with E-state index in [-0.39, 0.29) is 18.1 Å². The number of pyridine rings is 2. The fourth-order valence-electron chi connectivity index (χ4n) is 7.46. The van der Waals surface area contributed by atoms with Gasteiger partial charge >= 0.3 is 0 Å². The molecule has 1 atom stereocenters. The van der Waals surface area contributed by atoms with Gasteiger partial charge in [0.05, 0.1) is 72.6 Å². The minimum absolute atomic E-state index is 0.0787. The van der Waals surface area contributed by atoms with E-state index >= 15 is 0 Å². The molecule has 0 radical (unpaired) electrons. The third kappa shape index (κ3) is 9.29. The van der Waals surface area contributed by atoms with Gasteiger partial charge in [0, 0.05) is 65.0 Å². The van der Waals surface area contributed by atoms with Gasteiger partial charge in [-0.3, -0.25) is 14.2 Å². The first-order chi connectivity index (χ1) is 26.6. The van der Waals surface area contributed by atoms with E-state index in [1.54, 1.807) is 44.1 Å². The highest BCUT2D eigenvalue weighted by Gasteiger charge is 2.30. The Kier molecular flexibility index (Phi) is 12.0. The Morgan fingerprint density at radius 1 is 0.964 bits per heavy atom. The highest BCUT2D eigenvalue weighted by atomic mass is 32.2. The summed E-state index contributed by atoms with van der Waals surface area (Å²) in [6.07, 6.45) is 10.7. The van der Waals surface area contributed by atoms with Gasteiger partial charge in [-0.15, -0.1) is 0 Å². The number of ether oxygens (including phenoxy) is 3. The second kappa shape index (κ2) is 17.1. The maximum Gasteiger partial charge on any atom is 0.232 e. The van der Waals surface area contributed by atoms with Crippen molar-refractivity contribution in [1.82, 2.24) is 39.3 Å². The third-order valence-electron chi connectivity index (χ3n) is 10.6. The van der Waals surface area contributed by atoms with Crippen molar-refractivity contribution >= 4 is 44.3 Å². The Balaban J connectivity index is 1.04. The fourth-order valence-corrected chi connectivity index (χ4v) is 8.62. The Hall–Kier alpha value is -4.56. The first kappa shape index (κ1) is 38.7. The van der Waals surface area contributed by atoms with Crippen LogP contribution in [0.25, 0.3) is 10.9 Å². The lowest BCUT2D eigenvalue weighted by Crippen LogP contribution is -2.45. The van der Waals surface area contributed by atoms with Crippen LogP contribution in [-0.4, -0.2) is 139 Å². The van der Waals surface area contributed by atoms with Gasteiger partial charge in [-0.2, -0.15) is 4.98 Å². The molecule has 7 rings (SSSR count). The lowest BCUT2D eigenvalue weighted by molar-refractivity contribution is 0.122. The highest BCUT2D eigenvalue weighted by Crippen LogP contribution is 2.36. The predicted octanol–water partition coefficient (Wildman–Crippen LogP) is 2.86. The lowest BCUT2D eigenvalue weighted by atomic mass is 9.93. The van der Waals surface area contributed by atoms with Crippen LogP contribution in [0.2, 0.25) is 0 Å². The van der Waals surface area contributed by atoms with Crippen molar-refractivity contribution in [2.45, 2.75) is 50.8 Å². The lowest BCUT2D eigenvalue weighted by Gasteiger charge is -2.32. The number of piperazine rings is 1. The van der Waals surface area contributed by atoms with Crippen molar-refractivity contribution in [2.75, 3.05) is 98.9 Å². The molecule has 0 aromatic carbocycles. The van der Waals surface area contributed by atoms with Crippen molar-refractivity contribution in [1.29, 1.82) is 0 Å². The molecule has 0 amide bonds. The van der Waals surface area contributed by atoms with E-state index in [4.69, 9.17) is 24.2 Å². The smallest absolute Gasteiger partial charge is 0.232 e. The van der Waals surface area contributed by atoms with Crippen molar-refractivity contribution in [3.05, 3.63) is 47.8 Å². The second-order valence-electron chi connectivity index (χ2n) is 14.5. The Labute approximate surface area is 321 Å². The van der Waals surface area contributed by atoms with E-state index in [0.29, 0.717) is 72.8 Å². The topological polar surface area (TPSA) is 191 Å². The molecule has 3 aliphatic rings. The van der Waals surface area contributed by atoms with Crippen LogP contribution in [0.1, 0.15) is 44.3 Å². The SMILES string of the molecule is CC(c1cnc(N[O-])n1C)N(c1cnc2cc(N3CCOCC3)nc(OC3CCC(Nc4ncc(OCCN5CCN(C)CC5)cn4)CC3)c2c1)S(C)(=O)=O. The van der Waals surface area contributed by atoms with Crippen LogP contribution < -0.4 is 29.5 Å². The molecule has 298 valence electrons. The standard InChI is InChI=1S/C36H51N12O6S/c1-25(32-24-40-36(43-49)45(32)3)48(55(4,50)51)27-19-30-31(37-21-27)20-33(47-14-16-52-17-15-47)42-34(30)54-28-7-5-26(6-8-28)41-35-38-22-29(23-39-35)53-18-13-46-11-9-44(2)10-12-46/h19-26,28H,5-18H2,1-4H3,(H2-,38,39,40,41,43,49)/q-1. The van der Waals surface area contributed by atoms with Crippen LogP contribution in [0.15, 0.2) is 36.9 Å². The number of nitrogens with one attached hydrogen (secondary N) is 2. The molecular formula is C36H51N12O6S-. The van der Waals surface area contributed by atoms with Crippen LogP contribution >= 0.6 is 0 Å². The highest BCUT2D eigenvalue weighted by molar-refractivity contribution is 7.92. The van der Waals surface area contributed by atoms with Crippen molar-refractivity contribution in [3.63, 3.8) is 0 Å². The van der Waals surface area contributed by atoms with Crippen LogP contribution in [-0.2, 0) is 21.8 Å². The van der Waals surface area contributed by atoms with Crippen LogP contribution in [0, 0.1) is 5.21 Å². The molecule has 0 spiro atoms. The molecular weight excluding hydrogens is 729 g/mol. The normalized spacial score (nSPS) is 20.6. The number of nitrogens with zero attached hydrogens (tertiary/aromatic N) is 10. The van der Waals surface area contributed by atoms with Crippen LogP contribution in [0.4, 0.5) is 23.4 Å².